The lowest BCUT2D eigenvalue weighted by Crippen LogP contribution is -2.57. The molecular formula is C14H27FO13. The summed E-state index contributed by atoms with van der Waals surface area (Å²) < 4.78 is 16.9. The van der Waals surface area contributed by atoms with Gasteiger partial charge in [0.15, 0.2) is 0 Å². The standard InChI is InChI=1S/C6H11FO5.4C2H4O2/c7-6-5(11)4(10)3(9)2(1-8)12-6;4*1-2(3)4/h2-6,8-11H,1H2;4*1H3,(H,3,4)/t2-,3+,4+,5-,6-;;;;/m1..../s1. The Morgan fingerprint density at radius 1 is 0.714 bits per heavy atom. The van der Waals surface area contributed by atoms with E-state index in [0.29, 0.717) is 0 Å². The van der Waals surface area contributed by atoms with E-state index in [4.69, 9.17) is 60.0 Å². The summed E-state index contributed by atoms with van der Waals surface area (Å²) in [5.74, 6) is -3.33. The summed E-state index contributed by atoms with van der Waals surface area (Å²) in [6.07, 6.45) is -8.09. The van der Waals surface area contributed by atoms with Crippen molar-refractivity contribution in [2.45, 2.75) is 58.5 Å². The fourth-order valence-electron chi connectivity index (χ4n) is 1.06. The number of alkyl halides is 1. The Hall–Kier alpha value is -2.39. The molecule has 0 radical (unpaired) electrons. The molecule has 0 amide bonds. The third kappa shape index (κ3) is 31.4. The smallest absolute Gasteiger partial charge is 0.300 e. The van der Waals surface area contributed by atoms with E-state index in [9.17, 15) is 4.39 Å². The van der Waals surface area contributed by atoms with Crippen molar-refractivity contribution in [1.29, 1.82) is 0 Å². The third-order valence-electron chi connectivity index (χ3n) is 1.83. The quantitative estimate of drug-likeness (QED) is 0.231. The van der Waals surface area contributed by atoms with Crippen LogP contribution in [0.4, 0.5) is 4.39 Å². The van der Waals surface area contributed by atoms with Crippen molar-refractivity contribution in [2.75, 3.05) is 6.61 Å². The maximum absolute atomic E-state index is 12.6. The van der Waals surface area contributed by atoms with Crippen LogP contribution in [-0.2, 0) is 23.9 Å². The molecule has 1 rings (SSSR count). The van der Waals surface area contributed by atoms with Crippen LogP contribution in [0.25, 0.3) is 0 Å². The van der Waals surface area contributed by atoms with E-state index in [2.05, 4.69) is 4.74 Å². The minimum Gasteiger partial charge on any atom is -0.481 e. The molecule has 0 aromatic carbocycles. The Morgan fingerprint density at radius 3 is 1.18 bits per heavy atom. The molecule has 0 bridgehead atoms. The van der Waals surface area contributed by atoms with Gasteiger partial charge in [-0.15, -0.1) is 0 Å². The lowest BCUT2D eigenvalue weighted by Gasteiger charge is -2.36. The van der Waals surface area contributed by atoms with Crippen LogP contribution >= 0.6 is 0 Å². The van der Waals surface area contributed by atoms with Gasteiger partial charge in [0.25, 0.3) is 23.9 Å². The number of hydrogen-bond acceptors (Lipinski definition) is 9. The van der Waals surface area contributed by atoms with E-state index in [0.717, 1.165) is 27.7 Å². The number of aliphatic hydroxyl groups is 4. The zero-order valence-corrected chi connectivity index (χ0v) is 15.6. The second-order valence-electron chi connectivity index (χ2n) is 4.76. The van der Waals surface area contributed by atoms with Crippen molar-refractivity contribution >= 4 is 23.9 Å². The minimum atomic E-state index is -2.07. The van der Waals surface area contributed by atoms with Gasteiger partial charge < -0.3 is 45.6 Å². The molecule has 0 aromatic heterocycles. The number of halogens is 1. The first-order chi connectivity index (χ1) is 12.5. The molecule has 1 saturated heterocycles. The van der Waals surface area contributed by atoms with Crippen molar-refractivity contribution in [2.24, 2.45) is 0 Å². The van der Waals surface area contributed by atoms with Crippen LogP contribution in [0.3, 0.4) is 0 Å². The van der Waals surface area contributed by atoms with Gasteiger partial charge in [0.2, 0.25) is 6.36 Å². The predicted molar refractivity (Wildman–Crippen MR) is 88.1 cm³/mol. The second kappa shape index (κ2) is 19.4. The minimum absolute atomic E-state index is 0.606. The van der Waals surface area contributed by atoms with Crippen LogP contribution in [0.2, 0.25) is 0 Å². The Kier molecular flexibility index (Phi) is 23.0. The zero-order chi connectivity index (χ0) is 23.6. The molecule has 5 atom stereocenters. The summed E-state index contributed by atoms with van der Waals surface area (Å²) in [6, 6.07) is 0. The monoisotopic (exact) mass is 422 g/mol. The number of carboxylic acids is 4. The van der Waals surface area contributed by atoms with Crippen molar-refractivity contribution in [3.05, 3.63) is 0 Å². The molecule has 28 heavy (non-hydrogen) atoms. The molecule has 0 aromatic rings. The average Bonchev–Trinajstić information content (AvgIpc) is 2.46. The number of ether oxygens (including phenoxy) is 1. The first kappa shape index (κ1) is 33.2. The molecule has 0 aliphatic carbocycles. The Balaban J connectivity index is -0.000000150. The van der Waals surface area contributed by atoms with Crippen LogP contribution in [0.15, 0.2) is 0 Å². The molecule has 13 nitrogen and oxygen atoms in total. The Bertz CT molecular complexity index is 388. The number of aliphatic hydroxyl groups excluding tert-OH is 4. The third-order valence-corrected chi connectivity index (χ3v) is 1.83. The van der Waals surface area contributed by atoms with Crippen molar-refractivity contribution < 1.29 is 69.2 Å². The van der Waals surface area contributed by atoms with Crippen LogP contribution in [0, 0.1) is 0 Å². The lowest BCUT2D eigenvalue weighted by molar-refractivity contribution is -0.262. The summed E-state index contributed by atoms with van der Waals surface area (Å²) >= 11 is 0. The van der Waals surface area contributed by atoms with Gasteiger partial charge in [0.1, 0.15) is 24.4 Å². The van der Waals surface area contributed by atoms with Gasteiger partial charge in [-0.05, 0) is 0 Å². The molecule has 1 heterocycles. The van der Waals surface area contributed by atoms with E-state index >= 15 is 0 Å². The van der Waals surface area contributed by atoms with Gasteiger partial charge in [-0.25, -0.2) is 4.39 Å². The summed E-state index contributed by atoms with van der Waals surface area (Å²) in [4.78, 5) is 36.0. The zero-order valence-electron chi connectivity index (χ0n) is 15.6. The fraction of sp³-hybridized carbons (Fsp3) is 0.714. The predicted octanol–water partition coefficient (Wildman–Crippen LogP) is -1.88. The highest BCUT2D eigenvalue weighted by atomic mass is 19.1. The highest BCUT2D eigenvalue weighted by molar-refractivity contribution is 5.63. The maximum Gasteiger partial charge on any atom is 0.300 e. The van der Waals surface area contributed by atoms with Crippen LogP contribution in [-0.4, -0.2) is 102 Å². The Labute approximate surface area is 159 Å². The van der Waals surface area contributed by atoms with E-state index in [-0.39, 0.29) is 0 Å². The van der Waals surface area contributed by atoms with Crippen LogP contribution in [0.1, 0.15) is 27.7 Å². The van der Waals surface area contributed by atoms with Gasteiger partial charge in [-0.1, -0.05) is 0 Å². The normalized spacial score (nSPS) is 24.7. The lowest BCUT2D eigenvalue weighted by atomic mass is 10.00. The number of carboxylic acid groups (broad SMARTS) is 4. The first-order valence-electron chi connectivity index (χ1n) is 7.23. The van der Waals surface area contributed by atoms with Crippen molar-refractivity contribution in [3.8, 4) is 0 Å². The van der Waals surface area contributed by atoms with Gasteiger partial charge in [0.05, 0.1) is 6.61 Å². The SMILES string of the molecule is CC(=O)O.CC(=O)O.CC(=O)O.CC(=O)O.OC[C@H]1O[C@@H](F)[C@H](O)[C@@H](O)[C@H]1O. The topological polar surface area (TPSA) is 239 Å². The van der Waals surface area contributed by atoms with E-state index in [1.807, 2.05) is 0 Å². The maximum atomic E-state index is 12.6. The molecule has 1 aliphatic rings. The van der Waals surface area contributed by atoms with Crippen LogP contribution < -0.4 is 0 Å². The largest absolute Gasteiger partial charge is 0.481 e. The highest BCUT2D eigenvalue weighted by Crippen LogP contribution is 2.21. The molecule has 0 saturated carbocycles. The molecular weight excluding hydrogens is 395 g/mol. The van der Waals surface area contributed by atoms with Gasteiger partial charge in [-0.3, -0.25) is 19.2 Å². The van der Waals surface area contributed by atoms with E-state index in [1.165, 1.54) is 0 Å². The van der Waals surface area contributed by atoms with Gasteiger partial charge in [0, 0.05) is 27.7 Å². The molecule has 0 unspecified atom stereocenters. The molecule has 1 fully saturated rings. The molecule has 1 aliphatic heterocycles. The van der Waals surface area contributed by atoms with Crippen molar-refractivity contribution in [1.82, 2.24) is 0 Å². The van der Waals surface area contributed by atoms with E-state index in [1.54, 1.807) is 0 Å². The highest BCUT2D eigenvalue weighted by Gasteiger charge is 2.43. The number of hydrogen-bond donors (Lipinski definition) is 8. The summed E-state index contributed by atoms with van der Waals surface area (Å²) in [7, 11) is 0. The Morgan fingerprint density at radius 2 is 0.964 bits per heavy atom. The second-order valence-corrected chi connectivity index (χ2v) is 4.76. The summed E-state index contributed by atoms with van der Waals surface area (Å²) in [5, 5.41) is 65.1. The average molecular weight is 422 g/mol. The van der Waals surface area contributed by atoms with Gasteiger partial charge >= 0.3 is 0 Å². The molecule has 8 N–H and O–H groups in total. The first-order valence-corrected chi connectivity index (χ1v) is 7.23. The van der Waals surface area contributed by atoms with Crippen molar-refractivity contribution in [3.63, 3.8) is 0 Å². The van der Waals surface area contributed by atoms with E-state index < -0.39 is 61.3 Å². The fourth-order valence-corrected chi connectivity index (χ4v) is 1.06. The number of rotatable bonds is 1. The summed E-state index contributed by atoms with van der Waals surface area (Å²) in [6.45, 7) is 3.73. The van der Waals surface area contributed by atoms with Gasteiger partial charge in [-0.2, -0.15) is 0 Å². The summed E-state index contributed by atoms with van der Waals surface area (Å²) in [5.41, 5.74) is 0. The molecule has 14 heteroatoms. The molecule has 168 valence electrons. The number of aliphatic carboxylic acids is 4. The number of carbonyl (C=O) groups is 4. The van der Waals surface area contributed by atoms with Crippen LogP contribution in [0.5, 0.6) is 0 Å². The molecule has 0 spiro atoms.